The van der Waals surface area contributed by atoms with Gasteiger partial charge in [0.15, 0.2) is 0 Å². The van der Waals surface area contributed by atoms with E-state index in [1.165, 1.54) is 12.1 Å². The molecule has 33 heavy (non-hydrogen) atoms. The van der Waals surface area contributed by atoms with Crippen LogP contribution in [0, 0.1) is 0 Å². The van der Waals surface area contributed by atoms with Gasteiger partial charge in [0.05, 0.1) is 17.0 Å². The van der Waals surface area contributed by atoms with Gasteiger partial charge in [-0.2, -0.15) is 18.2 Å². The fraction of sp³-hybridized carbons (Fsp3) is 0.143. The quantitative estimate of drug-likeness (QED) is 0.448. The lowest BCUT2D eigenvalue weighted by molar-refractivity contribution is -0.137. The Kier molecular flexibility index (Phi) is 5.81. The number of nitrogens with one attached hydrogen (secondary N) is 4. The molecule has 3 aromatic rings. The van der Waals surface area contributed by atoms with E-state index in [-0.39, 0.29) is 29.4 Å². The smallest absolute Gasteiger partial charge is 0.326 e. The first-order valence-corrected chi connectivity index (χ1v) is 9.93. The van der Waals surface area contributed by atoms with Crippen molar-refractivity contribution in [3.8, 4) is 0 Å². The Morgan fingerprint density at radius 3 is 2.52 bits per heavy atom. The summed E-state index contributed by atoms with van der Waals surface area (Å²) in [5, 5.41) is 8.10. The van der Waals surface area contributed by atoms with Crippen LogP contribution in [0.25, 0.3) is 0 Å². The molecule has 0 fully saturated rings. The van der Waals surface area contributed by atoms with Crippen molar-refractivity contribution in [3.63, 3.8) is 0 Å². The van der Waals surface area contributed by atoms with Crippen LogP contribution in [-0.2, 0) is 15.8 Å². The van der Waals surface area contributed by atoms with Crippen LogP contribution in [0.2, 0.25) is 5.02 Å². The van der Waals surface area contributed by atoms with Gasteiger partial charge < -0.3 is 16.0 Å². The largest absolute Gasteiger partial charge is 0.416 e. The van der Waals surface area contributed by atoms with E-state index in [4.69, 9.17) is 11.6 Å². The molecule has 1 unspecified atom stereocenters. The maximum Gasteiger partial charge on any atom is 0.416 e. The molecule has 2 amide bonds. The number of halogens is 4. The second kappa shape index (κ2) is 8.58. The number of hydrogen-bond donors (Lipinski definition) is 4. The second-order valence-electron chi connectivity index (χ2n) is 7.18. The number of benzene rings is 2. The Bertz CT molecular complexity index is 1290. The van der Waals surface area contributed by atoms with E-state index >= 15 is 0 Å². The molecule has 1 aliphatic rings. The molecule has 4 N–H and O–H groups in total. The summed E-state index contributed by atoms with van der Waals surface area (Å²) in [7, 11) is 0. The lowest BCUT2D eigenvalue weighted by Crippen LogP contribution is -2.36. The maximum absolute atomic E-state index is 12.9. The summed E-state index contributed by atoms with van der Waals surface area (Å²) in [5.74, 6) is -2.61. The van der Waals surface area contributed by atoms with Crippen LogP contribution in [0.4, 0.5) is 36.3 Å². The van der Waals surface area contributed by atoms with Crippen molar-refractivity contribution in [2.75, 3.05) is 16.0 Å². The second-order valence-corrected chi connectivity index (χ2v) is 7.62. The van der Waals surface area contributed by atoms with Crippen LogP contribution in [0.5, 0.6) is 0 Å². The number of carbonyl (C=O) groups excluding carboxylic acids is 2. The van der Waals surface area contributed by atoms with Gasteiger partial charge >= 0.3 is 6.18 Å². The molecule has 1 aliphatic heterocycles. The molecule has 4 rings (SSSR count). The van der Waals surface area contributed by atoms with Gasteiger partial charge in [-0.05, 0) is 42.5 Å². The number of nitrogens with zero attached hydrogens (tertiary/aromatic N) is 1. The van der Waals surface area contributed by atoms with Crippen molar-refractivity contribution in [2.24, 2.45) is 0 Å². The van der Waals surface area contributed by atoms with Crippen molar-refractivity contribution >= 4 is 46.6 Å². The zero-order valence-corrected chi connectivity index (χ0v) is 17.3. The third-order valence-electron chi connectivity index (χ3n) is 4.83. The van der Waals surface area contributed by atoms with Crippen LogP contribution in [0.15, 0.2) is 53.3 Å². The molecule has 2 aromatic carbocycles. The van der Waals surface area contributed by atoms with Gasteiger partial charge in [-0.3, -0.25) is 19.4 Å². The van der Waals surface area contributed by atoms with Crippen molar-refractivity contribution < 1.29 is 22.8 Å². The Morgan fingerprint density at radius 1 is 1.09 bits per heavy atom. The summed E-state index contributed by atoms with van der Waals surface area (Å²) in [6.07, 6.45) is -4.83. The number of rotatable bonds is 4. The normalized spacial score (nSPS) is 15.4. The minimum Gasteiger partial charge on any atom is -0.326 e. The highest BCUT2D eigenvalue weighted by molar-refractivity contribution is 6.30. The Labute approximate surface area is 189 Å². The first kappa shape index (κ1) is 22.3. The fourth-order valence-corrected chi connectivity index (χ4v) is 3.45. The van der Waals surface area contributed by atoms with Crippen molar-refractivity contribution in [1.82, 2.24) is 9.97 Å². The summed E-state index contributed by atoms with van der Waals surface area (Å²) in [6.45, 7) is 0. The molecule has 2 heterocycles. The first-order valence-electron chi connectivity index (χ1n) is 9.55. The molecule has 1 aromatic heterocycles. The monoisotopic (exact) mass is 477 g/mol. The summed E-state index contributed by atoms with van der Waals surface area (Å²) in [4.78, 5) is 44.2. The van der Waals surface area contributed by atoms with Crippen LogP contribution < -0.4 is 21.5 Å². The molecular weight excluding hydrogens is 463 g/mol. The fourth-order valence-electron chi connectivity index (χ4n) is 3.33. The highest BCUT2D eigenvalue weighted by Gasteiger charge is 2.35. The molecule has 0 aliphatic carbocycles. The molecule has 170 valence electrons. The topological polar surface area (TPSA) is 116 Å². The number of anilines is 4. The standard InChI is InChI=1S/C21H15ClF3N5O3/c22-11-4-6-12(7-5-11)26-18(32)14-9-15(31)28-17-16(14)19(33)30-20(29-17)27-13-3-1-2-10(8-13)21(23,24)25/h1-8,14H,9H2,(H,26,32)(H3,27,28,29,30,31,33). The van der Waals surface area contributed by atoms with E-state index in [9.17, 15) is 27.6 Å². The molecule has 0 spiro atoms. The molecule has 8 nitrogen and oxygen atoms in total. The van der Waals surface area contributed by atoms with E-state index in [0.717, 1.165) is 12.1 Å². The molecule has 12 heteroatoms. The number of fused-ring (bicyclic) bond motifs is 1. The number of carbonyl (C=O) groups is 2. The van der Waals surface area contributed by atoms with Gasteiger partial charge in [0, 0.05) is 22.8 Å². The SMILES string of the molecule is O=C1CC(C(=O)Nc2ccc(Cl)cc2)c2c(nc(Nc3cccc(C(F)(F)F)c3)[nH]c2=O)N1. The van der Waals surface area contributed by atoms with Crippen molar-refractivity contribution in [1.29, 1.82) is 0 Å². The predicted octanol–water partition coefficient (Wildman–Crippen LogP) is 4.25. The van der Waals surface area contributed by atoms with Crippen LogP contribution in [0.1, 0.15) is 23.5 Å². The highest BCUT2D eigenvalue weighted by atomic mass is 35.5. The minimum absolute atomic E-state index is 0.0205. The number of alkyl halides is 3. The molecule has 0 radical (unpaired) electrons. The summed E-state index contributed by atoms with van der Waals surface area (Å²) < 4.78 is 38.8. The third-order valence-corrected chi connectivity index (χ3v) is 5.08. The van der Waals surface area contributed by atoms with Crippen LogP contribution >= 0.6 is 11.6 Å². The Hall–Kier alpha value is -3.86. The van der Waals surface area contributed by atoms with E-state index in [0.29, 0.717) is 10.7 Å². The average molecular weight is 478 g/mol. The van der Waals surface area contributed by atoms with Gasteiger partial charge in [-0.1, -0.05) is 17.7 Å². The van der Waals surface area contributed by atoms with Gasteiger partial charge in [0.1, 0.15) is 5.82 Å². The van der Waals surface area contributed by atoms with E-state index in [2.05, 4.69) is 25.9 Å². The van der Waals surface area contributed by atoms with Gasteiger partial charge in [-0.25, -0.2) is 0 Å². The number of aromatic nitrogens is 2. The number of amides is 2. The molecule has 0 saturated carbocycles. The predicted molar refractivity (Wildman–Crippen MR) is 116 cm³/mol. The zero-order valence-electron chi connectivity index (χ0n) is 16.6. The highest BCUT2D eigenvalue weighted by Crippen LogP contribution is 2.32. The summed E-state index contributed by atoms with van der Waals surface area (Å²) in [5.41, 5.74) is -1.22. The minimum atomic E-state index is -4.55. The summed E-state index contributed by atoms with van der Waals surface area (Å²) >= 11 is 5.83. The number of aromatic amines is 1. The molecule has 0 bridgehead atoms. The number of hydrogen-bond acceptors (Lipinski definition) is 5. The van der Waals surface area contributed by atoms with E-state index in [1.54, 1.807) is 24.3 Å². The first-order chi connectivity index (χ1) is 15.6. The van der Waals surface area contributed by atoms with Gasteiger partial charge in [-0.15, -0.1) is 0 Å². The van der Waals surface area contributed by atoms with Crippen LogP contribution in [-0.4, -0.2) is 21.8 Å². The zero-order chi connectivity index (χ0) is 23.8. The molecular formula is C21H15ClF3N5O3. The van der Waals surface area contributed by atoms with Gasteiger partial charge in [0.25, 0.3) is 5.56 Å². The Balaban J connectivity index is 1.62. The average Bonchev–Trinajstić information content (AvgIpc) is 2.74. The third kappa shape index (κ3) is 4.98. The summed E-state index contributed by atoms with van der Waals surface area (Å²) in [6, 6.07) is 10.6. The van der Waals surface area contributed by atoms with Crippen molar-refractivity contribution in [3.05, 3.63) is 75.0 Å². The van der Waals surface area contributed by atoms with E-state index in [1.807, 2.05) is 0 Å². The Morgan fingerprint density at radius 2 is 1.82 bits per heavy atom. The molecule has 1 atom stereocenters. The van der Waals surface area contributed by atoms with Crippen LogP contribution in [0.3, 0.4) is 0 Å². The maximum atomic E-state index is 12.9. The molecule has 0 saturated heterocycles. The lowest BCUT2D eigenvalue weighted by atomic mass is 9.92. The van der Waals surface area contributed by atoms with E-state index < -0.39 is 35.0 Å². The lowest BCUT2D eigenvalue weighted by Gasteiger charge is -2.23. The van der Waals surface area contributed by atoms with Gasteiger partial charge in [0.2, 0.25) is 17.8 Å². The number of H-pyrrole nitrogens is 1. The van der Waals surface area contributed by atoms with Crippen molar-refractivity contribution in [2.45, 2.75) is 18.5 Å².